The van der Waals surface area contributed by atoms with Crippen molar-refractivity contribution in [1.29, 1.82) is 5.41 Å². The van der Waals surface area contributed by atoms with Crippen molar-refractivity contribution in [3.63, 3.8) is 0 Å². The van der Waals surface area contributed by atoms with Crippen LogP contribution in [0.15, 0.2) is 28.4 Å². The van der Waals surface area contributed by atoms with E-state index in [1.807, 2.05) is 0 Å². The van der Waals surface area contributed by atoms with Crippen LogP contribution in [0.3, 0.4) is 0 Å². The lowest BCUT2D eigenvalue weighted by atomic mass is 9.95. The van der Waals surface area contributed by atoms with Crippen molar-refractivity contribution < 1.29 is 39.5 Å². The maximum atomic E-state index is 13.7. The zero-order valence-corrected chi connectivity index (χ0v) is 17.8. The molecular formula is C18H13Cl2F9N4. The van der Waals surface area contributed by atoms with Gasteiger partial charge in [-0.2, -0.15) is 39.5 Å². The van der Waals surface area contributed by atoms with E-state index in [4.69, 9.17) is 28.6 Å². The number of aliphatic imine (C=N–C) groups is 1. The molecule has 15 heteroatoms. The van der Waals surface area contributed by atoms with Gasteiger partial charge >= 0.3 is 18.5 Å². The largest absolute Gasteiger partial charge is 0.449 e. The molecule has 0 saturated carbocycles. The molecule has 1 saturated heterocycles. The van der Waals surface area contributed by atoms with E-state index in [0.717, 1.165) is 4.90 Å². The van der Waals surface area contributed by atoms with Crippen LogP contribution in [-0.2, 0) is 6.18 Å². The molecule has 2 heterocycles. The number of nitrogens with one attached hydrogen (secondary N) is 2. The molecule has 2 aliphatic rings. The first-order valence-corrected chi connectivity index (χ1v) is 9.83. The maximum Gasteiger partial charge on any atom is 0.449 e. The SMILES string of the molecule is CC1CC2N=C(C(F)(F)F)NC(C(F)(F)F)=C2C(=N)N(c2c(Cl)cc(C(F)(F)F)cc2Cl)C1. The molecule has 0 amide bonds. The smallest absolute Gasteiger partial charge is 0.332 e. The van der Waals surface area contributed by atoms with E-state index >= 15 is 0 Å². The third-order valence-electron chi connectivity index (χ3n) is 4.94. The number of rotatable bonds is 1. The lowest BCUT2D eigenvalue weighted by Crippen LogP contribution is -2.48. The van der Waals surface area contributed by atoms with Crippen molar-refractivity contribution in [3.8, 4) is 0 Å². The number of alkyl halides is 9. The summed E-state index contributed by atoms with van der Waals surface area (Å²) in [6.45, 7) is 1.22. The molecule has 0 aromatic heterocycles. The van der Waals surface area contributed by atoms with Crippen molar-refractivity contribution in [2.24, 2.45) is 10.9 Å². The summed E-state index contributed by atoms with van der Waals surface area (Å²) in [5, 5.41) is 8.42. The van der Waals surface area contributed by atoms with Crippen LogP contribution in [0.4, 0.5) is 45.2 Å². The summed E-state index contributed by atoms with van der Waals surface area (Å²) in [5.41, 5.74) is -4.32. The maximum absolute atomic E-state index is 13.7. The van der Waals surface area contributed by atoms with Gasteiger partial charge in [0.2, 0.25) is 5.84 Å². The molecule has 1 aromatic rings. The summed E-state index contributed by atoms with van der Waals surface area (Å²) in [5.74, 6) is -3.44. The number of nitrogens with zero attached hydrogens (tertiary/aromatic N) is 2. The van der Waals surface area contributed by atoms with E-state index in [1.54, 1.807) is 0 Å². The van der Waals surface area contributed by atoms with E-state index in [1.165, 1.54) is 12.2 Å². The van der Waals surface area contributed by atoms with Gasteiger partial charge in [0.25, 0.3) is 0 Å². The fourth-order valence-corrected chi connectivity index (χ4v) is 4.30. The molecular weight excluding hydrogens is 514 g/mol. The lowest BCUT2D eigenvalue weighted by molar-refractivity contribution is -0.137. The van der Waals surface area contributed by atoms with Crippen LogP contribution >= 0.6 is 23.2 Å². The number of hydrogen-bond donors (Lipinski definition) is 2. The van der Waals surface area contributed by atoms with Gasteiger partial charge in [-0.3, -0.25) is 10.4 Å². The Bertz CT molecular complexity index is 1020. The molecule has 1 aromatic carbocycles. The van der Waals surface area contributed by atoms with E-state index in [-0.39, 0.29) is 18.7 Å². The van der Waals surface area contributed by atoms with Gasteiger partial charge in [-0.15, -0.1) is 0 Å². The molecule has 182 valence electrons. The van der Waals surface area contributed by atoms with E-state index in [2.05, 4.69) is 4.99 Å². The number of fused-ring (bicyclic) bond motifs is 1. The van der Waals surface area contributed by atoms with Gasteiger partial charge in [-0.05, 0) is 24.5 Å². The minimum Gasteiger partial charge on any atom is -0.332 e. The second-order valence-corrected chi connectivity index (χ2v) is 8.30. The fraction of sp³-hybridized carbons (Fsp3) is 0.444. The minimum atomic E-state index is -5.32. The highest BCUT2D eigenvalue weighted by atomic mass is 35.5. The van der Waals surface area contributed by atoms with E-state index < -0.39 is 69.0 Å². The van der Waals surface area contributed by atoms with Crippen molar-refractivity contribution >= 4 is 40.6 Å². The molecule has 2 atom stereocenters. The standard InChI is InChI=1S/C18H13Cl2F9N4/c1-6-2-10-11(13(17(24,25)26)32-15(31-10)18(27,28)29)14(30)33(5-6)12-8(19)3-7(4-9(12)20)16(21,22)23/h3-4,6,10,30H,2,5H2,1H3,(H,31,32). The quantitative estimate of drug-likeness (QED) is 0.406. The van der Waals surface area contributed by atoms with Crippen LogP contribution in [0.2, 0.25) is 10.0 Å². The number of halogens is 11. The van der Waals surface area contributed by atoms with Crippen LogP contribution in [0, 0.1) is 11.3 Å². The van der Waals surface area contributed by atoms with Crippen LogP contribution in [0.5, 0.6) is 0 Å². The first kappa shape index (κ1) is 25.5. The summed E-state index contributed by atoms with van der Waals surface area (Å²) in [4.78, 5) is 4.21. The second-order valence-electron chi connectivity index (χ2n) is 7.49. The highest BCUT2D eigenvalue weighted by Gasteiger charge is 2.50. The normalized spacial score (nSPS) is 22.6. The summed E-state index contributed by atoms with van der Waals surface area (Å²) in [6, 6.07) is -0.679. The lowest BCUT2D eigenvalue weighted by Gasteiger charge is -2.32. The topological polar surface area (TPSA) is 51.5 Å². The molecule has 2 aliphatic heterocycles. The summed E-state index contributed by atoms with van der Waals surface area (Å²) in [7, 11) is 0. The molecule has 2 unspecified atom stereocenters. The van der Waals surface area contributed by atoms with Crippen molar-refractivity contribution in [3.05, 3.63) is 39.0 Å². The van der Waals surface area contributed by atoms with Crippen molar-refractivity contribution in [2.45, 2.75) is 37.9 Å². The third-order valence-corrected chi connectivity index (χ3v) is 5.52. The average Bonchev–Trinajstić information content (AvgIpc) is 2.74. The van der Waals surface area contributed by atoms with Gasteiger partial charge < -0.3 is 10.2 Å². The van der Waals surface area contributed by atoms with Gasteiger partial charge in [-0.1, -0.05) is 30.1 Å². The Kier molecular flexibility index (Phi) is 6.37. The summed E-state index contributed by atoms with van der Waals surface area (Å²) >= 11 is 11.9. The average molecular weight is 527 g/mol. The molecule has 0 aliphatic carbocycles. The fourth-order valence-electron chi connectivity index (χ4n) is 3.61. The minimum absolute atomic E-state index is 0.258. The molecule has 4 nitrogen and oxygen atoms in total. The Hall–Kier alpha value is -2.15. The molecule has 33 heavy (non-hydrogen) atoms. The Morgan fingerprint density at radius 3 is 1.97 bits per heavy atom. The predicted octanol–water partition coefficient (Wildman–Crippen LogP) is 6.58. The van der Waals surface area contributed by atoms with Crippen molar-refractivity contribution in [1.82, 2.24) is 5.32 Å². The van der Waals surface area contributed by atoms with Crippen LogP contribution in [-0.4, -0.2) is 36.6 Å². The summed E-state index contributed by atoms with van der Waals surface area (Å²) in [6.07, 6.45) is -15.7. The molecule has 2 N–H and O–H groups in total. The molecule has 1 fully saturated rings. The van der Waals surface area contributed by atoms with Gasteiger partial charge in [0.05, 0.1) is 27.3 Å². The first-order valence-electron chi connectivity index (χ1n) is 9.07. The van der Waals surface area contributed by atoms with E-state index in [9.17, 15) is 39.5 Å². The summed E-state index contributed by atoms with van der Waals surface area (Å²) < 4.78 is 120. The van der Waals surface area contributed by atoms with Gasteiger partial charge in [0, 0.05) is 12.1 Å². The zero-order valence-electron chi connectivity index (χ0n) is 16.3. The number of benzene rings is 1. The van der Waals surface area contributed by atoms with Crippen LogP contribution < -0.4 is 10.2 Å². The Morgan fingerprint density at radius 2 is 1.52 bits per heavy atom. The Balaban J connectivity index is 2.19. The first-order chi connectivity index (χ1) is 14.9. The van der Waals surface area contributed by atoms with Crippen LogP contribution in [0.25, 0.3) is 0 Å². The van der Waals surface area contributed by atoms with Gasteiger partial charge in [0.15, 0.2) is 0 Å². The third kappa shape index (κ3) is 5.03. The predicted molar refractivity (Wildman–Crippen MR) is 104 cm³/mol. The number of allylic oxidation sites excluding steroid dienone is 1. The van der Waals surface area contributed by atoms with E-state index in [0.29, 0.717) is 12.1 Å². The molecule has 3 rings (SSSR count). The monoisotopic (exact) mass is 526 g/mol. The number of amidine groups is 2. The molecule has 0 spiro atoms. The molecule has 0 bridgehead atoms. The zero-order chi connectivity index (χ0) is 25.1. The van der Waals surface area contributed by atoms with Crippen molar-refractivity contribution in [2.75, 3.05) is 11.4 Å². The van der Waals surface area contributed by atoms with Gasteiger partial charge in [-0.25, -0.2) is 0 Å². The Morgan fingerprint density at radius 1 is 0.970 bits per heavy atom. The molecule has 0 radical (unpaired) electrons. The number of hydrogen-bond acceptors (Lipinski definition) is 3. The Labute approximate surface area is 190 Å². The number of anilines is 1. The second kappa shape index (κ2) is 8.26. The highest BCUT2D eigenvalue weighted by Crippen LogP contribution is 2.44. The van der Waals surface area contributed by atoms with Gasteiger partial charge in [0.1, 0.15) is 11.5 Å². The van der Waals surface area contributed by atoms with Crippen LogP contribution in [0.1, 0.15) is 18.9 Å². The highest BCUT2D eigenvalue weighted by molar-refractivity contribution is 6.40.